The summed E-state index contributed by atoms with van der Waals surface area (Å²) >= 11 is 4.67. The van der Waals surface area contributed by atoms with Gasteiger partial charge in [-0.3, -0.25) is 4.79 Å². The number of benzene rings is 1. The molecule has 1 aromatic heterocycles. The number of amides is 1. The van der Waals surface area contributed by atoms with Gasteiger partial charge in [0.15, 0.2) is 0 Å². The van der Waals surface area contributed by atoms with Crippen molar-refractivity contribution in [3.8, 4) is 0 Å². The van der Waals surface area contributed by atoms with Gasteiger partial charge in [0.25, 0.3) is 15.9 Å². The summed E-state index contributed by atoms with van der Waals surface area (Å²) in [6.07, 6.45) is 1.45. The standard InChI is InChI=1S/C14H12BrNO3S2/c1-10-4-5-12(13(15)9-10)14(17)16-21(18,19)8-6-11-3-2-7-20-11/h2-9H,1H3,(H,16,17). The smallest absolute Gasteiger partial charge is 0.266 e. The molecule has 2 rings (SSSR count). The Bertz CT molecular complexity index is 781. The Morgan fingerprint density at radius 2 is 2.10 bits per heavy atom. The lowest BCUT2D eigenvalue weighted by molar-refractivity contribution is 0.0981. The van der Waals surface area contributed by atoms with Crippen molar-refractivity contribution in [1.82, 2.24) is 4.72 Å². The predicted molar refractivity (Wildman–Crippen MR) is 88.6 cm³/mol. The first-order chi connectivity index (χ1) is 9.87. The second-order valence-electron chi connectivity index (χ2n) is 4.28. The molecule has 1 N–H and O–H groups in total. The molecule has 1 aromatic carbocycles. The van der Waals surface area contributed by atoms with E-state index in [1.807, 2.05) is 23.1 Å². The van der Waals surface area contributed by atoms with Crippen LogP contribution in [-0.4, -0.2) is 14.3 Å². The number of thiophene rings is 1. The molecule has 0 aliphatic rings. The normalized spacial score (nSPS) is 11.7. The monoisotopic (exact) mass is 385 g/mol. The van der Waals surface area contributed by atoms with Crippen molar-refractivity contribution >= 4 is 49.3 Å². The Labute approximate surface area is 135 Å². The first-order valence-electron chi connectivity index (χ1n) is 5.92. The zero-order chi connectivity index (χ0) is 15.5. The Kier molecular flexibility index (Phi) is 4.97. The van der Waals surface area contributed by atoms with Crippen LogP contribution >= 0.6 is 27.3 Å². The third-order valence-corrected chi connectivity index (χ3v) is 5.02. The molecule has 0 aliphatic heterocycles. The average Bonchev–Trinajstić information content (AvgIpc) is 2.88. The number of aryl methyl sites for hydroxylation is 1. The van der Waals surface area contributed by atoms with E-state index in [1.54, 1.807) is 24.3 Å². The van der Waals surface area contributed by atoms with E-state index in [4.69, 9.17) is 0 Å². The van der Waals surface area contributed by atoms with Gasteiger partial charge >= 0.3 is 0 Å². The van der Waals surface area contributed by atoms with Gasteiger partial charge in [0, 0.05) is 9.35 Å². The van der Waals surface area contributed by atoms with E-state index in [0.717, 1.165) is 15.8 Å². The van der Waals surface area contributed by atoms with Crippen molar-refractivity contribution in [2.75, 3.05) is 0 Å². The van der Waals surface area contributed by atoms with Crippen molar-refractivity contribution in [2.24, 2.45) is 0 Å². The molecule has 1 heterocycles. The average molecular weight is 386 g/mol. The molecule has 21 heavy (non-hydrogen) atoms. The molecule has 0 bridgehead atoms. The van der Waals surface area contributed by atoms with Crippen LogP contribution in [0.15, 0.2) is 45.6 Å². The summed E-state index contributed by atoms with van der Waals surface area (Å²) in [6, 6.07) is 8.68. The minimum Gasteiger partial charge on any atom is -0.268 e. The van der Waals surface area contributed by atoms with Crippen LogP contribution in [0.1, 0.15) is 20.8 Å². The minimum absolute atomic E-state index is 0.272. The zero-order valence-corrected chi connectivity index (χ0v) is 14.3. The highest BCUT2D eigenvalue weighted by molar-refractivity contribution is 9.10. The summed E-state index contributed by atoms with van der Waals surface area (Å²) in [5, 5.41) is 2.83. The van der Waals surface area contributed by atoms with E-state index in [1.165, 1.54) is 17.4 Å². The van der Waals surface area contributed by atoms with Gasteiger partial charge in [-0.1, -0.05) is 12.1 Å². The quantitative estimate of drug-likeness (QED) is 0.874. The molecule has 110 valence electrons. The summed E-state index contributed by atoms with van der Waals surface area (Å²) < 4.78 is 26.3. The Morgan fingerprint density at radius 3 is 2.71 bits per heavy atom. The fourth-order valence-electron chi connectivity index (χ4n) is 1.57. The number of hydrogen-bond acceptors (Lipinski definition) is 4. The first kappa shape index (κ1) is 15.9. The second kappa shape index (κ2) is 6.55. The lowest BCUT2D eigenvalue weighted by Crippen LogP contribution is -2.29. The van der Waals surface area contributed by atoms with Gasteiger partial charge in [0.05, 0.1) is 11.0 Å². The number of sulfonamides is 1. The third-order valence-electron chi connectivity index (χ3n) is 2.56. The lowest BCUT2D eigenvalue weighted by Gasteiger charge is -2.06. The molecule has 0 unspecified atom stereocenters. The Morgan fingerprint density at radius 1 is 1.33 bits per heavy atom. The number of halogens is 1. The molecule has 0 atom stereocenters. The number of carbonyl (C=O) groups is 1. The van der Waals surface area contributed by atoms with E-state index in [9.17, 15) is 13.2 Å². The van der Waals surface area contributed by atoms with Crippen LogP contribution in [0.4, 0.5) is 0 Å². The minimum atomic E-state index is -3.83. The van der Waals surface area contributed by atoms with Crippen LogP contribution in [0, 0.1) is 6.92 Å². The highest BCUT2D eigenvalue weighted by Gasteiger charge is 2.15. The van der Waals surface area contributed by atoms with Crippen LogP contribution < -0.4 is 4.72 Å². The number of hydrogen-bond donors (Lipinski definition) is 1. The fourth-order valence-corrected chi connectivity index (χ4v) is 3.70. The molecule has 1 amide bonds. The largest absolute Gasteiger partial charge is 0.268 e. The highest BCUT2D eigenvalue weighted by atomic mass is 79.9. The molecule has 0 aliphatic carbocycles. The molecular weight excluding hydrogens is 374 g/mol. The van der Waals surface area contributed by atoms with E-state index in [-0.39, 0.29) is 5.56 Å². The number of nitrogens with one attached hydrogen (secondary N) is 1. The van der Waals surface area contributed by atoms with Gasteiger partial charge in [0.2, 0.25) is 0 Å². The van der Waals surface area contributed by atoms with Crippen LogP contribution in [0.5, 0.6) is 0 Å². The first-order valence-corrected chi connectivity index (χ1v) is 9.14. The van der Waals surface area contributed by atoms with Gasteiger partial charge < -0.3 is 0 Å². The van der Waals surface area contributed by atoms with Crippen LogP contribution in [0.3, 0.4) is 0 Å². The molecule has 7 heteroatoms. The summed E-state index contributed by atoms with van der Waals surface area (Å²) in [5.41, 5.74) is 1.24. The van der Waals surface area contributed by atoms with Crippen molar-refractivity contribution in [2.45, 2.75) is 6.92 Å². The van der Waals surface area contributed by atoms with Crippen molar-refractivity contribution in [3.05, 3.63) is 61.6 Å². The van der Waals surface area contributed by atoms with Gasteiger partial charge in [-0.05, 0) is 58.1 Å². The topological polar surface area (TPSA) is 63.2 Å². The van der Waals surface area contributed by atoms with E-state index in [0.29, 0.717) is 4.47 Å². The van der Waals surface area contributed by atoms with Crippen molar-refractivity contribution in [3.63, 3.8) is 0 Å². The molecule has 0 saturated heterocycles. The summed E-state index contributed by atoms with van der Waals surface area (Å²) in [4.78, 5) is 12.8. The number of carbonyl (C=O) groups excluding carboxylic acids is 1. The van der Waals surface area contributed by atoms with Gasteiger partial charge in [-0.25, -0.2) is 13.1 Å². The van der Waals surface area contributed by atoms with Crippen molar-refractivity contribution < 1.29 is 13.2 Å². The maximum absolute atomic E-state index is 12.0. The van der Waals surface area contributed by atoms with E-state index in [2.05, 4.69) is 15.9 Å². The SMILES string of the molecule is Cc1ccc(C(=O)NS(=O)(=O)C=Cc2cccs2)c(Br)c1. The van der Waals surface area contributed by atoms with Gasteiger partial charge in [-0.2, -0.15) is 0 Å². The lowest BCUT2D eigenvalue weighted by atomic mass is 10.1. The fraction of sp³-hybridized carbons (Fsp3) is 0.0714. The summed E-state index contributed by atoms with van der Waals surface area (Å²) in [6.45, 7) is 1.88. The number of rotatable bonds is 4. The highest BCUT2D eigenvalue weighted by Crippen LogP contribution is 2.18. The zero-order valence-electron chi connectivity index (χ0n) is 11.0. The summed E-state index contributed by atoms with van der Waals surface area (Å²) in [7, 11) is -3.83. The van der Waals surface area contributed by atoms with Crippen LogP contribution in [-0.2, 0) is 10.0 Å². The molecule has 0 saturated carbocycles. The van der Waals surface area contributed by atoms with Gasteiger partial charge in [-0.15, -0.1) is 11.3 Å². The molecule has 2 aromatic rings. The van der Waals surface area contributed by atoms with E-state index >= 15 is 0 Å². The predicted octanol–water partition coefficient (Wildman–Crippen LogP) is 3.55. The molecule has 0 spiro atoms. The van der Waals surface area contributed by atoms with Gasteiger partial charge in [0.1, 0.15) is 0 Å². The molecule has 4 nitrogen and oxygen atoms in total. The Hall–Kier alpha value is -1.44. The summed E-state index contributed by atoms with van der Waals surface area (Å²) in [5.74, 6) is -0.669. The van der Waals surface area contributed by atoms with Crippen LogP contribution in [0.2, 0.25) is 0 Å². The molecule has 0 fully saturated rings. The maximum atomic E-state index is 12.0. The van der Waals surface area contributed by atoms with Crippen molar-refractivity contribution in [1.29, 1.82) is 0 Å². The van der Waals surface area contributed by atoms with Crippen LogP contribution in [0.25, 0.3) is 6.08 Å². The second-order valence-corrected chi connectivity index (χ2v) is 7.68. The molecule has 0 radical (unpaired) electrons. The molecular formula is C14H12BrNO3S2. The Balaban J connectivity index is 2.14. The third kappa shape index (κ3) is 4.52. The maximum Gasteiger partial charge on any atom is 0.266 e. The van der Waals surface area contributed by atoms with E-state index < -0.39 is 15.9 Å².